The first kappa shape index (κ1) is 15.2. The van der Waals surface area contributed by atoms with Gasteiger partial charge in [-0.2, -0.15) is 5.26 Å². The lowest BCUT2D eigenvalue weighted by molar-refractivity contribution is 0.231. The van der Waals surface area contributed by atoms with Crippen molar-refractivity contribution in [2.24, 2.45) is 0 Å². The molecular formula is C16H15N3O3. The molecule has 2 aromatic carbocycles. The number of methoxy groups -OCH3 is 1. The van der Waals surface area contributed by atoms with Crippen molar-refractivity contribution in [3.63, 3.8) is 0 Å². The second-order valence-electron chi connectivity index (χ2n) is 4.26. The van der Waals surface area contributed by atoms with Crippen LogP contribution in [0.25, 0.3) is 0 Å². The molecule has 0 aliphatic rings. The average molecular weight is 297 g/mol. The Morgan fingerprint density at radius 2 is 1.82 bits per heavy atom. The first-order chi connectivity index (χ1) is 10.7. The Bertz CT molecular complexity index is 678. The van der Waals surface area contributed by atoms with Gasteiger partial charge in [0.15, 0.2) is 18.2 Å². The molecule has 0 fully saturated rings. The van der Waals surface area contributed by atoms with Crippen LogP contribution < -0.4 is 20.1 Å². The van der Waals surface area contributed by atoms with Crippen molar-refractivity contribution < 1.29 is 14.3 Å². The fraction of sp³-hybridized carbons (Fsp3) is 0.125. The zero-order valence-electron chi connectivity index (χ0n) is 12.0. The topological polar surface area (TPSA) is 83.4 Å². The lowest BCUT2D eigenvalue weighted by atomic mass is 10.2. The van der Waals surface area contributed by atoms with Crippen LogP contribution in [0.1, 0.15) is 5.56 Å². The third-order valence-corrected chi connectivity index (χ3v) is 2.80. The van der Waals surface area contributed by atoms with Crippen LogP contribution in [0.15, 0.2) is 48.5 Å². The van der Waals surface area contributed by atoms with Crippen LogP contribution in [0.2, 0.25) is 0 Å². The van der Waals surface area contributed by atoms with Gasteiger partial charge in [-0.05, 0) is 36.4 Å². The zero-order chi connectivity index (χ0) is 15.8. The standard InChI is InChI=1S/C16H15N3O3/c1-21-14-4-2-3-5-15(14)22-11-18-16(20)19-13-8-6-12(10-17)7-9-13/h2-9H,11H2,1H3,(H2,18,19,20). The van der Waals surface area contributed by atoms with Crippen LogP contribution >= 0.6 is 0 Å². The number of carbonyl (C=O) groups is 1. The fourth-order valence-corrected chi connectivity index (χ4v) is 1.72. The number of nitrogens with zero attached hydrogens (tertiary/aromatic N) is 1. The second-order valence-corrected chi connectivity index (χ2v) is 4.26. The molecule has 0 unspecified atom stereocenters. The maximum absolute atomic E-state index is 11.7. The van der Waals surface area contributed by atoms with Crippen molar-refractivity contribution in [3.8, 4) is 17.6 Å². The molecule has 0 aliphatic carbocycles. The predicted octanol–water partition coefficient (Wildman–Crippen LogP) is 2.72. The van der Waals surface area contributed by atoms with Gasteiger partial charge in [-0.15, -0.1) is 0 Å². The van der Waals surface area contributed by atoms with E-state index in [2.05, 4.69) is 10.6 Å². The summed E-state index contributed by atoms with van der Waals surface area (Å²) in [6.45, 7) is 0.00247. The van der Waals surface area contributed by atoms with E-state index in [4.69, 9.17) is 14.7 Å². The van der Waals surface area contributed by atoms with Crippen LogP contribution in [-0.4, -0.2) is 19.9 Å². The van der Waals surface area contributed by atoms with Crippen molar-refractivity contribution >= 4 is 11.7 Å². The molecule has 2 aromatic rings. The maximum Gasteiger partial charge on any atom is 0.321 e. The Kier molecular flexibility index (Phi) is 5.21. The van der Waals surface area contributed by atoms with E-state index in [1.54, 1.807) is 43.5 Å². The Morgan fingerprint density at radius 3 is 2.45 bits per heavy atom. The number of carbonyl (C=O) groups excluding carboxylic acids is 1. The number of nitriles is 1. The van der Waals surface area contributed by atoms with Crippen LogP contribution in [0.4, 0.5) is 10.5 Å². The Labute approximate surface area is 128 Å². The molecule has 0 aromatic heterocycles. The van der Waals surface area contributed by atoms with Crippen LogP contribution in [0, 0.1) is 11.3 Å². The number of nitrogens with one attached hydrogen (secondary N) is 2. The quantitative estimate of drug-likeness (QED) is 0.831. The number of ether oxygens (including phenoxy) is 2. The van der Waals surface area contributed by atoms with Crippen LogP contribution in [0.5, 0.6) is 11.5 Å². The molecular weight excluding hydrogens is 282 g/mol. The highest BCUT2D eigenvalue weighted by Crippen LogP contribution is 2.25. The number of para-hydroxylation sites is 2. The van der Waals surface area contributed by atoms with Gasteiger partial charge in [0.1, 0.15) is 0 Å². The lowest BCUT2D eigenvalue weighted by Crippen LogP contribution is -2.32. The van der Waals surface area contributed by atoms with E-state index in [0.717, 1.165) is 0 Å². The number of urea groups is 1. The summed E-state index contributed by atoms with van der Waals surface area (Å²) >= 11 is 0. The van der Waals surface area contributed by atoms with Gasteiger partial charge in [0.05, 0.1) is 18.7 Å². The van der Waals surface area contributed by atoms with Crippen molar-refractivity contribution in [2.45, 2.75) is 0 Å². The number of rotatable bonds is 5. The molecule has 2 N–H and O–H groups in total. The number of benzene rings is 2. The van der Waals surface area contributed by atoms with Crippen molar-refractivity contribution in [1.82, 2.24) is 5.32 Å². The first-order valence-electron chi connectivity index (χ1n) is 6.54. The minimum absolute atomic E-state index is 0.00247. The third-order valence-electron chi connectivity index (χ3n) is 2.80. The molecule has 6 nitrogen and oxygen atoms in total. The fourth-order valence-electron chi connectivity index (χ4n) is 1.72. The molecule has 0 saturated heterocycles. The van der Waals surface area contributed by atoms with E-state index >= 15 is 0 Å². The molecule has 2 rings (SSSR count). The van der Waals surface area contributed by atoms with E-state index < -0.39 is 6.03 Å². The zero-order valence-corrected chi connectivity index (χ0v) is 12.0. The number of amides is 2. The molecule has 0 atom stereocenters. The van der Waals surface area contributed by atoms with Gasteiger partial charge in [0.2, 0.25) is 0 Å². The molecule has 2 amide bonds. The van der Waals surface area contributed by atoms with Crippen LogP contribution in [-0.2, 0) is 0 Å². The third kappa shape index (κ3) is 4.15. The highest BCUT2D eigenvalue weighted by molar-refractivity contribution is 5.89. The largest absolute Gasteiger partial charge is 0.493 e. The summed E-state index contributed by atoms with van der Waals surface area (Å²) in [4.78, 5) is 11.7. The lowest BCUT2D eigenvalue weighted by Gasteiger charge is -2.11. The van der Waals surface area contributed by atoms with Crippen molar-refractivity contribution in [1.29, 1.82) is 5.26 Å². The maximum atomic E-state index is 11.7. The summed E-state index contributed by atoms with van der Waals surface area (Å²) in [5.74, 6) is 1.14. The predicted molar refractivity (Wildman–Crippen MR) is 81.8 cm³/mol. The van der Waals surface area contributed by atoms with Gasteiger partial charge < -0.3 is 20.1 Å². The molecule has 22 heavy (non-hydrogen) atoms. The number of hydrogen-bond donors (Lipinski definition) is 2. The minimum atomic E-state index is -0.403. The average Bonchev–Trinajstić information content (AvgIpc) is 2.56. The van der Waals surface area contributed by atoms with E-state index in [9.17, 15) is 4.79 Å². The number of anilines is 1. The van der Waals surface area contributed by atoms with E-state index in [0.29, 0.717) is 22.7 Å². The first-order valence-corrected chi connectivity index (χ1v) is 6.54. The molecule has 0 bridgehead atoms. The van der Waals surface area contributed by atoms with Gasteiger partial charge in [-0.3, -0.25) is 0 Å². The van der Waals surface area contributed by atoms with Gasteiger partial charge in [0.25, 0.3) is 0 Å². The Balaban J connectivity index is 1.81. The summed E-state index contributed by atoms with van der Waals surface area (Å²) in [7, 11) is 1.55. The van der Waals surface area contributed by atoms with Crippen LogP contribution in [0.3, 0.4) is 0 Å². The highest BCUT2D eigenvalue weighted by atomic mass is 16.5. The highest BCUT2D eigenvalue weighted by Gasteiger charge is 2.04. The van der Waals surface area contributed by atoms with Gasteiger partial charge >= 0.3 is 6.03 Å². The minimum Gasteiger partial charge on any atom is -0.493 e. The molecule has 0 aliphatic heterocycles. The SMILES string of the molecule is COc1ccccc1OCNC(=O)Nc1ccc(C#N)cc1. The van der Waals surface area contributed by atoms with E-state index in [-0.39, 0.29) is 6.73 Å². The smallest absolute Gasteiger partial charge is 0.321 e. The normalized spacial score (nSPS) is 9.45. The molecule has 0 radical (unpaired) electrons. The van der Waals surface area contributed by atoms with Gasteiger partial charge in [-0.1, -0.05) is 12.1 Å². The second kappa shape index (κ2) is 7.55. The molecule has 0 heterocycles. The summed E-state index contributed by atoms with van der Waals surface area (Å²) in [5, 5.41) is 13.9. The Morgan fingerprint density at radius 1 is 1.14 bits per heavy atom. The molecule has 112 valence electrons. The van der Waals surface area contributed by atoms with Crippen molar-refractivity contribution in [3.05, 3.63) is 54.1 Å². The summed E-state index contributed by atoms with van der Waals surface area (Å²) in [6.07, 6.45) is 0. The summed E-state index contributed by atoms with van der Waals surface area (Å²) < 4.78 is 10.6. The van der Waals surface area contributed by atoms with E-state index in [1.807, 2.05) is 18.2 Å². The Hall–Kier alpha value is -3.20. The number of hydrogen-bond acceptors (Lipinski definition) is 4. The van der Waals surface area contributed by atoms with Gasteiger partial charge in [0, 0.05) is 5.69 Å². The molecule has 6 heteroatoms. The summed E-state index contributed by atoms with van der Waals surface area (Å²) in [6, 6.07) is 15.3. The molecule has 0 spiro atoms. The van der Waals surface area contributed by atoms with Crippen molar-refractivity contribution in [2.75, 3.05) is 19.2 Å². The summed E-state index contributed by atoms with van der Waals surface area (Å²) in [5.41, 5.74) is 1.12. The van der Waals surface area contributed by atoms with Gasteiger partial charge in [-0.25, -0.2) is 4.79 Å². The van der Waals surface area contributed by atoms with E-state index in [1.165, 1.54) is 0 Å². The molecule has 0 saturated carbocycles. The monoisotopic (exact) mass is 297 g/mol.